The summed E-state index contributed by atoms with van der Waals surface area (Å²) in [7, 11) is -8.44. The Morgan fingerprint density at radius 2 is 1.07 bits per heavy atom. The molecule has 1 saturated heterocycles. The zero-order valence-corrected chi connectivity index (χ0v) is 61.1. The summed E-state index contributed by atoms with van der Waals surface area (Å²) in [5.74, 6) is -6.10. The fourth-order valence-corrected chi connectivity index (χ4v) is 13.4. The van der Waals surface area contributed by atoms with Crippen molar-refractivity contribution in [2.45, 2.75) is 199 Å². The summed E-state index contributed by atoms with van der Waals surface area (Å²) >= 11 is 0. The van der Waals surface area contributed by atoms with E-state index in [9.17, 15) is 14.5 Å². The second-order valence-corrected chi connectivity index (χ2v) is 38.9. The van der Waals surface area contributed by atoms with Crippen LogP contribution in [0.1, 0.15) is 109 Å². The second-order valence-electron chi connectivity index (χ2n) is 27.7. The van der Waals surface area contributed by atoms with Crippen molar-refractivity contribution in [3.05, 3.63) is 173 Å². The topological polar surface area (TPSA) is 276 Å². The normalized spacial score (nSPS) is 20.8. The van der Waals surface area contributed by atoms with Gasteiger partial charge >= 0.3 is 13.8 Å². The lowest BCUT2D eigenvalue weighted by Gasteiger charge is -2.39. The zero-order valence-electron chi connectivity index (χ0n) is 58.2. The molecule has 1 fully saturated rings. The maximum Gasteiger partial charge on any atom is 0.475 e. The van der Waals surface area contributed by atoms with Crippen LogP contribution in [0.5, 0.6) is 5.75 Å². The number of ether oxygens (including phenoxy) is 1. The Labute approximate surface area is 569 Å². The highest BCUT2D eigenvalue weighted by Crippen LogP contribution is 2.51. The number of benzene rings is 5. The molecule has 0 aromatic heterocycles. The van der Waals surface area contributed by atoms with Gasteiger partial charge in [0.15, 0.2) is 8.32 Å². The number of nitrogens with zero attached hydrogens (tertiary/aromatic N) is 1. The number of amides is 6. The molecule has 6 rings (SSSR count). The van der Waals surface area contributed by atoms with Gasteiger partial charge in [-0.1, -0.05) is 195 Å². The summed E-state index contributed by atoms with van der Waals surface area (Å²) in [6.45, 7) is 23.6. The first-order chi connectivity index (χ1) is 45.2. The van der Waals surface area contributed by atoms with E-state index in [4.69, 9.17) is 27.2 Å². The van der Waals surface area contributed by atoms with Gasteiger partial charge in [0.1, 0.15) is 54.2 Å². The molecule has 0 bridgehead atoms. The Hall–Kier alpha value is -7.35. The number of nitrogens with one attached hydrogen (secondary N) is 5. The molecular formula is C72H101N6O15PSi2. The first-order valence-corrected chi connectivity index (χ1v) is 40.3. The molecule has 1 aliphatic rings. The number of carbonyl (C=O) groups is 7. The molecule has 0 radical (unpaired) electrons. The number of phosphoric acid groups is 1. The summed E-state index contributed by atoms with van der Waals surface area (Å²) in [5.41, 5.74) is 3.16. The van der Waals surface area contributed by atoms with Gasteiger partial charge < -0.3 is 50.2 Å². The highest BCUT2D eigenvalue weighted by molar-refractivity contribution is 7.48. The van der Waals surface area contributed by atoms with Crippen molar-refractivity contribution in [3.63, 3.8) is 0 Å². The molecule has 1 aliphatic heterocycles. The highest BCUT2D eigenvalue weighted by Gasteiger charge is 2.45. The number of carbonyl (C=O) groups excluding carboxylic acids is 7. The largest absolute Gasteiger partial charge is 0.544 e. The number of rotatable bonds is 26. The molecule has 0 saturated carbocycles. The van der Waals surface area contributed by atoms with Crippen LogP contribution in [0.15, 0.2) is 146 Å². The molecule has 0 aliphatic carbocycles. The van der Waals surface area contributed by atoms with E-state index in [1.165, 1.54) is 18.9 Å². The molecule has 5 aromatic rings. The van der Waals surface area contributed by atoms with Crippen LogP contribution in [0.2, 0.25) is 36.3 Å². The monoisotopic (exact) mass is 1380 g/mol. The number of aliphatic hydroxyl groups excluding tert-OH is 1. The minimum Gasteiger partial charge on any atom is -0.544 e. The Morgan fingerprint density at radius 1 is 0.615 bits per heavy atom. The number of cyclic esters (lactones) is 1. The van der Waals surface area contributed by atoms with Crippen molar-refractivity contribution in [2.24, 2.45) is 5.92 Å². The average molecular weight is 1380 g/mol. The quantitative estimate of drug-likeness (QED) is 0.0171. The van der Waals surface area contributed by atoms with Gasteiger partial charge in [-0.3, -0.25) is 42.3 Å². The van der Waals surface area contributed by atoms with Gasteiger partial charge in [-0.05, 0) is 102 Å². The van der Waals surface area contributed by atoms with Crippen LogP contribution >= 0.6 is 7.82 Å². The molecule has 0 spiro atoms. The van der Waals surface area contributed by atoms with E-state index in [0.717, 1.165) is 0 Å². The number of phosphoric ester groups is 1. The number of aliphatic hydroxyl groups is 1. The van der Waals surface area contributed by atoms with Crippen molar-refractivity contribution >= 4 is 65.9 Å². The molecule has 6 amide bonds. The minimum atomic E-state index is -4.58. The molecular weight excluding hydrogens is 1280 g/mol. The third-order valence-corrected chi connectivity index (χ3v) is 28.4. The highest BCUT2D eigenvalue weighted by atomic mass is 31.2. The van der Waals surface area contributed by atoms with Crippen LogP contribution in [-0.4, -0.2) is 137 Å². The third kappa shape index (κ3) is 22.9. The third-order valence-electron chi connectivity index (χ3n) is 18.2. The number of esters is 1. The average Bonchev–Trinajstić information content (AvgIpc) is 1.06. The van der Waals surface area contributed by atoms with E-state index in [-0.39, 0.29) is 57.0 Å². The first-order valence-electron chi connectivity index (χ1n) is 33.0. The van der Waals surface area contributed by atoms with E-state index >= 15 is 28.8 Å². The lowest BCUT2D eigenvalue weighted by molar-refractivity contribution is -0.158. The zero-order chi connectivity index (χ0) is 70.6. The van der Waals surface area contributed by atoms with E-state index in [1.54, 1.807) is 128 Å². The standard InChI is InChI=1S/C72H101N6O15PSi2/c1-15-49(2)62-70(86)91-50(3)63(77-67(83)61(93-96(13,14)72(7,8)9)48-90-94(87,88-46-54-33-24-18-25-34-54)89-47-55-35-26-19-27-36-55)68(84)74-58(43-51-29-20-16-21-30-51)65(81)73-57(37-28-42-79)64(80)75-59(44-52-31-22-17-23-32-52)69(85)78(10)60(66(82)76-62)45-53-38-40-56(41-39-53)92-95(11,12)71(4,5)6/h16-27,29-36,38-41,49-50,57-63,79H,15,28,37,42-48H2,1-14H3,(H,73,81)(H,74,84)(H,75,80)(H,76,82)(H,77,83)/t49-,50+,57-,58-,59-,60-,61-,62-,63-/m0/s1. The maximum absolute atomic E-state index is 15.5. The van der Waals surface area contributed by atoms with Gasteiger partial charge in [0.25, 0.3) is 5.91 Å². The Morgan fingerprint density at radius 3 is 1.56 bits per heavy atom. The fourth-order valence-electron chi connectivity index (χ4n) is 9.96. The van der Waals surface area contributed by atoms with E-state index in [1.807, 2.05) is 65.1 Å². The second kappa shape index (κ2) is 35.2. The molecule has 1 heterocycles. The maximum atomic E-state index is 15.5. The number of hydrogen-bond donors (Lipinski definition) is 6. The molecule has 21 nitrogen and oxygen atoms in total. The summed E-state index contributed by atoms with van der Waals surface area (Å²) in [6, 6.07) is 33.8. The van der Waals surface area contributed by atoms with Crippen LogP contribution in [0, 0.1) is 5.92 Å². The van der Waals surface area contributed by atoms with Crippen molar-refractivity contribution in [1.82, 2.24) is 31.5 Å². The molecule has 6 N–H and O–H groups in total. The molecule has 24 heteroatoms. The predicted octanol–water partition coefficient (Wildman–Crippen LogP) is 10.1. The van der Waals surface area contributed by atoms with E-state index in [2.05, 4.69) is 60.4 Å². The Bertz CT molecular complexity index is 3350. The number of hydrogen-bond acceptors (Lipinski definition) is 15. The van der Waals surface area contributed by atoms with Crippen LogP contribution in [0.25, 0.3) is 0 Å². The summed E-state index contributed by atoms with van der Waals surface area (Å²) in [4.78, 5) is 108. The minimum absolute atomic E-state index is 0.0250. The summed E-state index contributed by atoms with van der Waals surface area (Å²) in [6.07, 6.45) is -3.31. The molecule has 0 unspecified atom stereocenters. The van der Waals surface area contributed by atoms with Crippen LogP contribution in [-0.2, 0) is 93.3 Å². The molecule has 9 atom stereocenters. The van der Waals surface area contributed by atoms with Gasteiger partial charge in [-0.15, -0.1) is 0 Å². The Kier molecular flexibility index (Phi) is 28.5. The van der Waals surface area contributed by atoms with Crippen molar-refractivity contribution < 1.29 is 70.4 Å². The SMILES string of the molecule is CC[C@H](C)[C@@H]1NC(=O)[C@H](Cc2ccc(O[Si](C)(C)C(C)(C)C)cc2)N(C)C(=O)[C@H](Cc2ccccc2)NC(=O)[C@H](CCCO)NC(=O)[C@H](Cc2ccccc2)NC(=O)[C@@H](NC(=O)[C@H](COP(=O)(OCc2ccccc2)OCc2ccccc2)O[Si](C)(C)C(C)(C)C)[C@@H](C)OC1=O. The molecule has 5 aromatic carbocycles. The van der Waals surface area contributed by atoms with Crippen LogP contribution in [0.3, 0.4) is 0 Å². The van der Waals surface area contributed by atoms with Gasteiger partial charge in [0.05, 0.1) is 19.8 Å². The lowest BCUT2D eigenvalue weighted by Crippen LogP contribution is -2.62. The van der Waals surface area contributed by atoms with Crippen molar-refractivity contribution in [2.75, 3.05) is 20.3 Å². The van der Waals surface area contributed by atoms with Crippen molar-refractivity contribution in [3.8, 4) is 5.75 Å². The first kappa shape index (κ1) is 77.7. The molecule has 522 valence electrons. The van der Waals surface area contributed by atoms with Crippen LogP contribution < -0.4 is 31.0 Å². The van der Waals surface area contributed by atoms with Gasteiger partial charge in [-0.25, -0.2) is 9.36 Å². The predicted molar refractivity (Wildman–Crippen MR) is 374 cm³/mol. The van der Waals surface area contributed by atoms with E-state index in [0.29, 0.717) is 40.0 Å². The Balaban J connectivity index is 1.47. The fraction of sp³-hybridized carbons (Fsp3) is 0.486. The van der Waals surface area contributed by atoms with Crippen LogP contribution in [0.4, 0.5) is 0 Å². The number of likely N-dealkylation sites (N-methyl/N-ethyl adjacent to an activating group) is 1. The van der Waals surface area contributed by atoms with Gasteiger partial charge in [0.2, 0.25) is 37.9 Å². The summed E-state index contributed by atoms with van der Waals surface area (Å²) in [5, 5.41) is 23.7. The van der Waals surface area contributed by atoms with E-state index < -0.39 is 132 Å². The van der Waals surface area contributed by atoms with Gasteiger partial charge in [0, 0.05) is 32.9 Å². The smallest absolute Gasteiger partial charge is 0.475 e. The molecule has 96 heavy (non-hydrogen) atoms. The summed E-state index contributed by atoms with van der Waals surface area (Å²) < 4.78 is 52.4. The van der Waals surface area contributed by atoms with Crippen molar-refractivity contribution in [1.29, 1.82) is 0 Å². The lowest BCUT2D eigenvalue weighted by atomic mass is 9.97. The van der Waals surface area contributed by atoms with Gasteiger partial charge in [-0.2, -0.15) is 0 Å².